The second-order valence-corrected chi connectivity index (χ2v) is 10.6. The van der Waals surface area contributed by atoms with Gasteiger partial charge in [-0.1, -0.05) is 30.3 Å². The molecule has 2 aliphatic heterocycles. The second kappa shape index (κ2) is 15.3. The third-order valence-electron chi connectivity index (χ3n) is 7.63. The van der Waals surface area contributed by atoms with Crippen molar-refractivity contribution in [3.8, 4) is 11.4 Å². The monoisotopic (exact) mass is 596 g/mol. The summed E-state index contributed by atoms with van der Waals surface area (Å²) in [7, 11) is 1.66. The fourth-order valence-electron chi connectivity index (χ4n) is 5.38. The number of piperidine rings is 1. The van der Waals surface area contributed by atoms with Crippen molar-refractivity contribution in [3.05, 3.63) is 42.1 Å². The van der Waals surface area contributed by atoms with E-state index in [1.807, 2.05) is 30.3 Å². The van der Waals surface area contributed by atoms with Gasteiger partial charge in [0, 0.05) is 57.9 Å². The smallest absolute Gasteiger partial charge is 0.409 e. The van der Waals surface area contributed by atoms with Crippen LogP contribution >= 0.6 is 0 Å². The Morgan fingerprint density at radius 3 is 2.42 bits per heavy atom. The molecule has 0 aliphatic carbocycles. The molecule has 0 spiro atoms. The highest BCUT2D eigenvalue weighted by Gasteiger charge is 2.32. The number of aromatic nitrogens is 2. The van der Waals surface area contributed by atoms with Gasteiger partial charge < -0.3 is 34.6 Å². The van der Waals surface area contributed by atoms with Gasteiger partial charge in [0.05, 0.1) is 19.3 Å². The molecule has 232 valence electrons. The summed E-state index contributed by atoms with van der Waals surface area (Å²) in [5.74, 6) is -1.14. The summed E-state index contributed by atoms with van der Waals surface area (Å²) >= 11 is 0. The van der Waals surface area contributed by atoms with Crippen molar-refractivity contribution in [3.63, 3.8) is 0 Å². The Bertz CT molecular complexity index is 1270. The molecule has 0 radical (unpaired) electrons. The van der Waals surface area contributed by atoms with Gasteiger partial charge in [-0.2, -0.15) is 0 Å². The topological polar surface area (TPSA) is 154 Å². The van der Waals surface area contributed by atoms with E-state index < -0.39 is 29.9 Å². The lowest BCUT2D eigenvalue weighted by molar-refractivity contribution is -0.138. The van der Waals surface area contributed by atoms with Crippen LogP contribution in [0, 0.1) is 0 Å². The molecule has 2 saturated heterocycles. The van der Waals surface area contributed by atoms with Crippen molar-refractivity contribution in [2.45, 2.75) is 51.1 Å². The number of carbonyl (C=O) groups excluding carboxylic acids is 3. The highest BCUT2D eigenvalue weighted by Crippen LogP contribution is 2.27. The summed E-state index contributed by atoms with van der Waals surface area (Å²) in [6.45, 7) is 4.27. The molecule has 2 N–H and O–H groups in total. The van der Waals surface area contributed by atoms with Crippen LogP contribution in [0.4, 0.5) is 10.6 Å². The quantitative estimate of drug-likeness (QED) is 0.395. The van der Waals surface area contributed by atoms with E-state index in [1.165, 1.54) is 9.80 Å². The van der Waals surface area contributed by atoms with Crippen molar-refractivity contribution >= 4 is 29.7 Å². The van der Waals surface area contributed by atoms with Crippen LogP contribution in [0.1, 0.15) is 49.5 Å². The lowest BCUT2D eigenvalue weighted by atomic mass is 10.0. The molecule has 2 aromatic rings. The van der Waals surface area contributed by atoms with Gasteiger partial charge in [0.2, 0.25) is 5.91 Å². The number of hydrogen-bond acceptors (Lipinski definition) is 9. The Hall–Kier alpha value is -4.26. The molecule has 1 aromatic heterocycles. The predicted molar refractivity (Wildman–Crippen MR) is 158 cm³/mol. The Morgan fingerprint density at radius 2 is 1.74 bits per heavy atom. The number of hydrogen-bond donors (Lipinski definition) is 2. The molecule has 2 atom stereocenters. The lowest BCUT2D eigenvalue weighted by Gasteiger charge is -2.36. The maximum Gasteiger partial charge on any atom is 0.409 e. The normalized spacial score (nSPS) is 17.7. The number of nitrogens with zero attached hydrogens (tertiary/aromatic N) is 5. The van der Waals surface area contributed by atoms with E-state index in [0.29, 0.717) is 18.2 Å². The third kappa shape index (κ3) is 8.40. The highest BCUT2D eigenvalue weighted by atomic mass is 16.6. The van der Waals surface area contributed by atoms with Crippen molar-refractivity contribution in [2.24, 2.45) is 0 Å². The van der Waals surface area contributed by atoms with E-state index in [1.54, 1.807) is 20.1 Å². The zero-order valence-corrected chi connectivity index (χ0v) is 24.7. The number of benzene rings is 1. The minimum absolute atomic E-state index is 0.0749. The first-order valence-corrected chi connectivity index (χ1v) is 14.7. The number of carbonyl (C=O) groups is 4. The number of carboxylic acids is 1. The number of ether oxygens (including phenoxy) is 2. The number of rotatable bonds is 11. The Labute approximate surface area is 251 Å². The SMILES string of the molecule is CCOC(=O)N1CCN(C(=O)[C@H](CCC(=O)O)NC(=O)c2cc(N3CCCCC3COC)nc(-c3ccccc3)n2)CC1. The first kappa shape index (κ1) is 31.7. The van der Waals surface area contributed by atoms with Crippen LogP contribution in [-0.4, -0.2) is 114 Å². The predicted octanol–water partition coefficient (Wildman–Crippen LogP) is 2.41. The van der Waals surface area contributed by atoms with Crippen LogP contribution in [0.5, 0.6) is 0 Å². The van der Waals surface area contributed by atoms with Gasteiger partial charge in [-0.05, 0) is 32.6 Å². The zero-order chi connectivity index (χ0) is 30.8. The maximum absolute atomic E-state index is 13.7. The Balaban J connectivity index is 1.58. The van der Waals surface area contributed by atoms with E-state index >= 15 is 0 Å². The molecule has 0 bridgehead atoms. The van der Waals surface area contributed by atoms with Crippen LogP contribution in [0.25, 0.3) is 11.4 Å². The molecule has 2 aliphatic rings. The van der Waals surface area contributed by atoms with Crippen molar-refractivity contribution in [1.82, 2.24) is 25.1 Å². The van der Waals surface area contributed by atoms with Crippen molar-refractivity contribution < 1.29 is 33.8 Å². The van der Waals surface area contributed by atoms with E-state index in [9.17, 15) is 24.3 Å². The summed E-state index contributed by atoms with van der Waals surface area (Å²) in [6, 6.07) is 9.94. The second-order valence-electron chi connectivity index (χ2n) is 10.6. The number of amides is 3. The van der Waals surface area contributed by atoms with Crippen molar-refractivity contribution in [1.29, 1.82) is 0 Å². The summed E-state index contributed by atoms with van der Waals surface area (Å²) in [6.07, 6.45) is 2.12. The van der Waals surface area contributed by atoms with E-state index in [4.69, 9.17) is 14.5 Å². The number of carboxylic acid groups (broad SMARTS) is 1. The molecule has 1 unspecified atom stereocenters. The Morgan fingerprint density at radius 1 is 1.02 bits per heavy atom. The van der Waals surface area contributed by atoms with Crippen LogP contribution < -0.4 is 10.2 Å². The Kier molecular flexibility index (Phi) is 11.3. The number of methoxy groups -OCH3 is 1. The van der Waals surface area contributed by atoms with Crippen LogP contribution in [0.2, 0.25) is 0 Å². The zero-order valence-electron chi connectivity index (χ0n) is 24.7. The maximum atomic E-state index is 13.7. The van der Waals surface area contributed by atoms with Gasteiger partial charge in [-0.15, -0.1) is 0 Å². The first-order chi connectivity index (χ1) is 20.8. The standard InChI is InChI=1S/C30H40N6O7/c1-3-43-30(41)35-17-15-34(16-18-35)29(40)23(12-13-26(37)38)32-28(39)24-19-25(36-14-8-7-11-22(36)20-42-2)33-27(31-24)21-9-5-4-6-10-21/h4-6,9-10,19,22-23H,3,7-8,11-18,20H2,1-2H3,(H,32,39)(H,37,38)/t22?,23-/m0/s1. The molecule has 4 rings (SSSR count). The lowest BCUT2D eigenvalue weighted by Crippen LogP contribution is -2.56. The summed E-state index contributed by atoms with van der Waals surface area (Å²) in [5, 5.41) is 12.1. The molecule has 1 aromatic carbocycles. The average Bonchev–Trinajstić information content (AvgIpc) is 3.03. The van der Waals surface area contributed by atoms with Gasteiger partial charge >= 0.3 is 12.1 Å². The highest BCUT2D eigenvalue weighted by molar-refractivity contribution is 5.97. The first-order valence-electron chi connectivity index (χ1n) is 14.7. The number of anilines is 1. The summed E-state index contributed by atoms with van der Waals surface area (Å²) in [5.41, 5.74) is 0.808. The van der Waals surface area contributed by atoms with Gasteiger partial charge in [0.1, 0.15) is 17.6 Å². The summed E-state index contributed by atoms with van der Waals surface area (Å²) in [4.78, 5) is 65.3. The average molecular weight is 597 g/mol. The molecular formula is C30H40N6O7. The number of piperazine rings is 1. The molecule has 13 heteroatoms. The molecular weight excluding hydrogens is 556 g/mol. The number of aliphatic carboxylic acids is 1. The molecule has 3 heterocycles. The summed E-state index contributed by atoms with van der Waals surface area (Å²) < 4.78 is 10.5. The molecule has 2 fully saturated rings. The van der Waals surface area contributed by atoms with E-state index in [2.05, 4.69) is 15.2 Å². The fourth-order valence-corrected chi connectivity index (χ4v) is 5.38. The van der Waals surface area contributed by atoms with Gasteiger partial charge in [-0.25, -0.2) is 14.8 Å². The van der Waals surface area contributed by atoms with Gasteiger partial charge in [0.25, 0.3) is 5.91 Å². The molecule has 13 nitrogen and oxygen atoms in total. The van der Waals surface area contributed by atoms with Crippen molar-refractivity contribution in [2.75, 3.05) is 57.9 Å². The fraction of sp³-hybridized carbons (Fsp3) is 0.533. The largest absolute Gasteiger partial charge is 0.481 e. The third-order valence-corrected chi connectivity index (χ3v) is 7.63. The minimum atomic E-state index is -1.09. The molecule has 0 saturated carbocycles. The molecule has 3 amide bonds. The van der Waals surface area contributed by atoms with E-state index in [0.717, 1.165) is 31.4 Å². The van der Waals surface area contributed by atoms with Crippen LogP contribution in [-0.2, 0) is 19.1 Å². The van der Waals surface area contributed by atoms with Crippen LogP contribution in [0.15, 0.2) is 36.4 Å². The van der Waals surface area contributed by atoms with Crippen LogP contribution in [0.3, 0.4) is 0 Å². The van der Waals surface area contributed by atoms with Gasteiger partial charge in [-0.3, -0.25) is 14.4 Å². The van der Waals surface area contributed by atoms with E-state index in [-0.39, 0.29) is 57.4 Å². The minimum Gasteiger partial charge on any atom is -0.481 e. The number of nitrogens with one attached hydrogen (secondary N) is 1. The van der Waals surface area contributed by atoms with Gasteiger partial charge in [0.15, 0.2) is 5.82 Å². The molecule has 43 heavy (non-hydrogen) atoms.